The zero-order valence-electron chi connectivity index (χ0n) is 25.9. The summed E-state index contributed by atoms with van der Waals surface area (Å²) >= 11 is 0. The second-order valence-electron chi connectivity index (χ2n) is 11.7. The number of aliphatic hydroxyl groups excluding tert-OH is 1. The quantitative estimate of drug-likeness (QED) is 0.191. The molecule has 2 aromatic rings. The molecule has 242 valence electrons. The lowest BCUT2D eigenvalue weighted by atomic mass is 10.00. The summed E-state index contributed by atoms with van der Waals surface area (Å²) in [4.78, 5) is 39.8. The maximum atomic E-state index is 13.9. The highest BCUT2D eigenvalue weighted by Crippen LogP contribution is 2.53. The number of nitrogens with zero attached hydrogens (tertiary/aromatic N) is 1. The highest BCUT2D eigenvalue weighted by Gasteiger charge is 2.52. The van der Waals surface area contributed by atoms with E-state index < -0.39 is 29.7 Å². The molecule has 1 fully saturated rings. The molecular formula is C33H46F2N4O5. The summed E-state index contributed by atoms with van der Waals surface area (Å²) in [6.45, 7) is 5.83. The van der Waals surface area contributed by atoms with E-state index in [1.165, 1.54) is 12.1 Å². The van der Waals surface area contributed by atoms with Gasteiger partial charge < -0.3 is 31.1 Å². The number of benzene rings is 2. The Morgan fingerprint density at radius 1 is 0.955 bits per heavy atom. The van der Waals surface area contributed by atoms with Crippen LogP contribution in [0, 0.1) is 29.4 Å². The molecule has 11 heteroatoms. The van der Waals surface area contributed by atoms with Crippen LogP contribution >= 0.6 is 0 Å². The summed E-state index contributed by atoms with van der Waals surface area (Å²) in [5.41, 5.74) is 6.68. The van der Waals surface area contributed by atoms with Crippen molar-refractivity contribution in [1.29, 1.82) is 0 Å². The minimum atomic E-state index is -1.09. The Morgan fingerprint density at radius 2 is 1.59 bits per heavy atom. The lowest BCUT2D eigenvalue weighted by Gasteiger charge is -2.25. The first-order chi connectivity index (χ1) is 21.0. The number of rotatable bonds is 19. The monoisotopic (exact) mass is 616 g/mol. The van der Waals surface area contributed by atoms with Crippen molar-refractivity contribution in [1.82, 2.24) is 15.5 Å². The van der Waals surface area contributed by atoms with Gasteiger partial charge in [-0.15, -0.1) is 0 Å². The van der Waals surface area contributed by atoms with Crippen molar-refractivity contribution in [2.75, 3.05) is 26.7 Å². The lowest BCUT2D eigenvalue weighted by Crippen LogP contribution is -2.48. The van der Waals surface area contributed by atoms with Gasteiger partial charge in [0.25, 0.3) is 0 Å². The van der Waals surface area contributed by atoms with E-state index in [0.717, 1.165) is 24.5 Å². The van der Waals surface area contributed by atoms with Crippen molar-refractivity contribution in [3.8, 4) is 5.75 Å². The van der Waals surface area contributed by atoms with Gasteiger partial charge in [0.05, 0.1) is 19.3 Å². The zero-order chi connectivity index (χ0) is 32.2. The highest BCUT2D eigenvalue weighted by atomic mass is 19.1. The number of hydrogen-bond donors (Lipinski definition) is 4. The zero-order valence-corrected chi connectivity index (χ0v) is 25.9. The molecule has 3 amide bonds. The van der Waals surface area contributed by atoms with Crippen molar-refractivity contribution in [2.24, 2.45) is 23.5 Å². The van der Waals surface area contributed by atoms with Crippen LogP contribution in [0.4, 0.5) is 8.78 Å². The van der Waals surface area contributed by atoms with Crippen LogP contribution in [-0.4, -0.2) is 66.6 Å². The third-order valence-electron chi connectivity index (χ3n) is 8.12. The predicted octanol–water partition coefficient (Wildman–Crippen LogP) is 3.32. The Kier molecular flexibility index (Phi) is 13.5. The first-order valence-corrected chi connectivity index (χ1v) is 15.4. The molecule has 1 aliphatic carbocycles. The Bertz CT molecular complexity index is 1240. The second kappa shape index (κ2) is 17.1. The van der Waals surface area contributed by atoms with Crippen molar-refractivity contribution in [2.45, 2.75) is 71.1 Å². The van der Waals surface area contributed by atoms with Crippen molar-refractivity contribution in [3.63, 3.8) is 0 Å². The van der Waals surface area contributed by atoms with Crippen LogP contribution in [0.3, 0.4) is 0 Å². The lowest BCUT2D eigenvalue weighted by molar-refractivity contribution is -0.132. The number of ether oxygens (including phenoxy) is 1. The molecule has 0 aromatic heterocycles. The van der Waals surface area contributed by atoms with Crippen LogP contribution in [0.5, 0.6) is 5.75 Å². The SMILES string of the molecule is CCCN(CCC)C(=O)C[C@@H]1[C@@H](CC(N)=O)[C@H]1CC(=O)N[C@@H](Cc1cc(F)cc(F)c1)[C@H](O)CNCc1cccc(OC)c1. The van der Waals surface area contributed by atoms with E-state index in [2.05, 4.69) is 10.6 Å². The smallest absolute Gasteiger partial charge is 0.222 e. The Morgan fingerprint density at radius 3 is 2.20 bits per heavy atom. The van der Waals surface area contributed by atoms with Gasteiger partial charge in [0, 0.05) is 51.5 Å². The number of nitrogens with two attached hydrogens (primary N) is 1. The fraction of sp³-hybridized carbons (Fsp3) is 0.545. The van der Waals surface area contributed by atoms with Gasteiger partial charge in [0.15, 0.2) is 0 Å². The molecule has 5 atom stereocenters. The van der Waals surface area contributed by atoms with Crippen LogP contribution in [0.1, 0.15) is 57.1 Å². The van der Waals surface area contributed by atoms with Gasteiger partial charge in [-0.1, -0.05) is 26.0 Å². The van der Waals surface area contributed by atoms with Gasteiger partial charge in [0.2, 0.25) is 17.7 Å². The number of carbonyl (C=O) groups excluding carboxylic acids is 3. The Hall–Kier alpha value is -3.57. The summed E-state index contributed by atoms with van der Waals surface area (Å²) in [7, 11) is 1.57. The number of amides is 3. The van der Waals surface area contributed by atoms with Crippen LogP contribution in [0.15, 0.2) is 42.5 Å². The Labute approximate surface area is 258 Å². The number of halogens is 2. The number of methoxy groups -OCH3 is 1. The Balaban J connectivity index is 1.67. The number of aliphatic hydroxyl groups is 1. The van der Waals surface area contributed by atoms with Crippen LogP contribution in [0.2, 0.25) is 0 Å². The summed E-state index contributed by atoms with van der Waals surface area (Å²) in [5.74, 6) is -2.23. The third kappa shape index (κ3) is 10.9. The third-order valence-corrected chi connectivity index (χ3v) is 8.12. The van der Waals surface area contributed by atoms with E-state index >= 15 is 0 Å². The number of carbonyl (C=O) groups is 3. The van der Waals surface area contributed by atoms with Gasteiger partial charge in [-0.25, -0.2) is 8.78 Å². The van der Waals surface area contributed by atoms with Gasteiger partial charge in [-0.3, -0.25) is 14.4 Å². The molecule has 0 spiro atoms. The first-order valence-electron chi connectivity index (χ1n) is 15.4. The predicted molar refractivity (Wildman–Crippen MR) is 163 cm³/mol. The molecular weight excluding hydrogens is 570 g/mol. The number of primary amides is 1. The normalized spacial score (nSPS) is 18.7. The van der Waals surface area contributed by atoms with E-state index in [9.17, 15) is 28.3 Å². The highest BCUT2D eigenvalue weighted by molar-refractivity contribution is 5.80. The fourth-order valence-corrected chi connectivity index (χ4v) is 5.93. The van der Waals surface area contributed by atoms with Crippen LogP contribution in [0.25, 0.3) is 0 Å². The maximum absolute atomic E-state index is 13.9. The van der Waals surface area contributed by atoms with Crippen molar-refractivity contribution < 1.29 is 33.0 Å². The molecule has 1 aliphatic rings. The minimum Gasteiger partial charge on any atom is -0.497 e. The topological polar surface area (TPSA) is 134 Å². The van der Waals surface area contributed by atoms with Gasteiger partial charge in [-0.05, 0) is 72.4 Å². The van der Waals surface area contributed by atoms with E-state index in [4.69, 9.17) is 10.5 Å². The molecule has 0 bridgehead atoms. The largest absolute Gasteiger partial charge is 0.497 e. The van der Waals surface area contributed by atoms with E-state index in [1.807, 2.05) is 43.0 Å². The molecule has 44 heavy (non-hydrogen) atoms. The fourth-order valence-electron chi connectivity index (χ4n) is 5.93. The van der Waals surface area contributed by atoms with E-state index in [0.29, 0.717) is 25.4 Å². The molecule has 0 saturated heterocycles. The van der Waals surface area contributed by atoms with Gasteiger partial charge >= 0.3 is 0 Å². The first kappa shape index (κ1) is 34.9. The average Bonchev–Trinajstić information content (AvgIpc) is 3.59. The van der Waals surface area contributed by atoms with Crippen molar-refractivity contribution >= 4 is 17.7 Å². The van der Waals surface area contributed by atoms with E-state index in [-0.39, 0.29) is 67.4 Å². The van der Waals surface area contributed by atoms with Gasteiger partial charge in [-0.2, -0.15) is 0 Å². The number of hydrogen-bond acceptors (Lipinski definition) is 6. The van der Waals surface area contributed by atoms with E-state index in [1.54, 1.807) is 7.11 Å². The average molecular weight is 617 g/mol. The molecule has 0 radical (unpaired) electrons. The van der Waals surface area contributed by atoms with Crippen LogP contribution < -0.4 is 21.1 Å². The molecule has 0 heterocycles. The molecule has 0 unspecified atom stereocenters. The minimum absolute atomic E-state index is 0.000353. The number of nitrogens with one attached hydrogen (secondary N) is 2. The standard InChI is InChI=1S/C33H46F2N4O5/c1-4-9-39(10-5-2)33(43)18-28-26(16-31(36)41)27(28)17-32(42)38-29(14-22-11-23(34)15-24(35)12-22)30(40)20-37-19-21-7-6-8-25(13-21)44-3/h6-8,11-13,15,26-30,37,40H,4-5,9-10,14,16-20H2,1-3H3,(H2,36,41)(H,38,42)/t26-,27+,28+,29-,30+/m0/s1. The summed E-state index contributed by atoms with van der Waals surface area (Å²) in [5, 5.41) is 17.1. The maximum Gasteiger partial charge on any atom is 0.222 e. The molecule has 0 aliphatic heterocycles. The summed E-state index contributed by atoms with van der Waals surface area (Å²) in [6.07, 6.45) is 0.919. The summed E-state index contributed by atoms with van der Waals surface area (Å²) < 4.78 is 33.1. The van der Waals surface area contributed by atoms with Gasteiger partial charge in [0.1, 0.15) is 17.4 Å². The molecule has 9 nitrogen and oxygen atoms in total. The molecule has 1 saturated carbocycles. The molecule has 2 aromatic carbocycles. The molecule has 3 rings (SSSR count). The second-order valence-corrected chi connectivity index (χ2v) is 11.7. The van der Waals surface area contributed by atoms with Crippen molar-refractivity contribution in [3.05, 3.63) is 65.2 Å². The van der Waals surface area contributed by atoms with Crippen LogP contribution in [-0.2, 0) is 27.3 Å². The summed E-state index contributed by atoms with van der Waals surface area (Å²) in [6, 6.07) is 9.67. The molecule has 5 N–H and O–H groups in total.